The molecule has 0 saturated carbocycles. The molecule has 5 atom stereocenters. The van der Waals surface area contributed by atoms with Crippen molar-refractivity contribution < 1.29 is 46.6 Å². The molecule has 3 amide bonds. The molecule has 0 spiro atoms. The van der Waals surface area contributed by atoms with Crippen LogP contribution >= 0.6 is 11.3 Å². The number of aliphatic hydroxyl groups excluding tert-OH is 1. The van der Waals surface area contributed by atoms with Crippen LogP contribution in [0, 0.1) is 24.1 Å². The molecule has 0 bridgehead atoms. The second-order valence-electron chi connectivity index (χ2n) is 24.2. The second-order valence-corrected chi connectivity index (χ2v) is 25.0. The molecule has 18 nitrogen and oxygen atoms in total. The van der Waals surface area contributed by atoms with Crippen LogP contribution in [0.15, 0.2) is 77.4 Å². The number of thiazole rings is 1. The predicted molar refractivity (Wildman–Crippen MR) is 318 cm³/mol. The minimum Gasteiger partial charge on any atom is -0.391 e. The van der Waals surface area contributed by atoms with Gasteiger partial charge in [-0.1, -0.05) is 51.1 Å². The summed E-state index contributed by atoms with van der Waals surface area (Å²) in [4.78, 5) is 109. The van der Waals surface area contributed by atoms with Gasteiger partial charge in [0, 0.05) is 151 Å². The number of hydrogen-bond acceptors (Lipinski definition) is 15. The molecular formula is C62H75F4N11O7S. The summed E-state index contributed by atoms with van der Waals surface area (Å²) in [6, 6.07) is 10.4. The molecule has 3 saturated heterocycles. The van der Waals surface area contributed by atoms with Gasteiger partial charge in [0.25, 0.3) is 5.91 Å². The number of nitrogens with one attached hydrogen (secondary N) is 2. The number of halogens is 4. The van der Waals surface area contributed by atoms with E-state index in [0.717, 1.165) is 33.5 Å². The zero-order valence-corrected chi connectivity index (χ0v) is 50.0. The average Bonchev–Trinajstić information content (AvgIpc) is 4.18. The van der Waals surface area contributed by atoms with Crippen molar-refractivity contribution in [3.8, 4) is 10.4 Å². The number of β-amino-alcohol motifs (C(OH)–C–C–N with tert-alkyl or cyclic N) is 1. The van der Waals surface area contributed by atoms with E-state index in [1.54, 1.807) is 28.6 Å². The molecule has 3 N–H and O–H groups in total. The largest absolute Gasteiger partial charge is 0.417 e. The Kier molecular flexibility index (Phi) is 19.2. The van der Waals surface area contributed by atoms with Gasteiger partial charge < -0.3 is 35.0 Å². The highest BCUT2D eigenvalue weighted by Gasteiger charge is 2.44. The lowest BCUT2D eigenvalue weighted by Crippen LogP contribution is -2.55. The summed E-state index contributed by atoms with van der Waals surface area (Å²) in [5.74, 6) is -2.79. The lowest BCUT2D eigenvalue weighted by atomic mass is 9.76. The van der Waals surface area contributed by atoms with Gasteiger partial charge in [0.05, 0.1) is 50.7 Å². The summed E-state index contributed by atoms with van der Waals surface area (Å²) in [5, 5.41) is 13.3. The Morgan fingerprint density at radius 2 is 1.56 bits per heavy atom. The molecular weight excluding hydrogens is 1120 g/mol. The fraction of sp³-hybridized carbons (Fsp3) is 0.500. The number of pyridine rings is 1. The predicted octanol–water partition coefficient (Wildman–Crippen LogP) is 8.04. The maximum atomic E-state index is 16.3. The molecule has 0 radical (unpaired) electrons. The topological polar surface area (TPSA) is 209 Å². The smallest absolute Gasteiger partial charge is 0.391 e. The maximum absolute atomic E-state index is 16.3. The number of carbonyl (C=O) groups is 5. The summed E-state index contributed by atoms with van der Waals surface area (Å²) in [7, 11) is 1.98. The first-order valence-electron chi connectivity index (χ1n) is 29.0. The van der Waals surface area contributed by atoms with Gasteiger partial charge >= 0.3 is 6.18 Å². The monoisotopic (exact) mass is 1190 g/mol. The Morgan fingerprint density at radius 1 is 0.871 bits per heavy atom. The first-order valence-corrected chi connectivity index (χ1v) is 29.9. The van der Waals surface area contributed by atoms with Gasteiger partial charge in [0.15, 0.2) is 5.78 Å². The maximum Gasteiger partial charge on any atom is 0.417 e. The van der Waals surface area contributed by atoms with E-state index in [-0.39, 0.29) is 85.4 Å². The highest BCUT2D eigenvalue weighted by Crippen LogP contribution is 2.39. The zero-order chi connectivity index (χ0) is 61.1. The number of benzene rings is 2. The number of aromatic amines is 1. The number of carbonyl (C=O) groups excluding carboxylic acids is 5. The van der Waals surface area contributed by atoms with Crippen molar-refractivity contribution in [3.05, 3.63) is 122 Å². The highest BCUT2D eigenvalue weighted by atomic mass is 32.1. The van der Waals surface area contributed by atoms with Crippen LogP contribution in [-0.2, 0) is 38.3 Å². The molecule has 5 aromatic rings. The van der Waals surface area contributed by atoms with E-state index in [1.165, 1.54) is 17.0 Å². The Morgan fingerprint density at radius 3 is 2.19 bits per heavy atom. The molecule has 3 fully saturated rings. The lowest BCUT2D eigenvalue weighted by Gasteiger charge is -2.44. The number of aliphatic hydroxyl groups is 1. The number of aromatic nitrogens is 4. The van der Waals surface area contributed by atoms with Crippen LogP contribution < -0.4 is 20.7 Å². The molecule has 0 aliphatic carbocycles. The SMILES string of the molecule is Cc1ncsc1-c1ccc(CCC(=O)[C@@H]2C[C@@H](O)CN2C(=O)[C@@H](CC(=O)CCC(=O)N2CCN(Cc3cnc(N4CC=C(c5cc(NC(=O)c6c[nH]c(=O)cc6C(F)(F)F)c(N6C[C@@H](C)N(C)[C@@H](C)C6)cc5F)CC4)nc3)CC2)C(C)(C)C)cc1. The summed E-state index contributed by atoms with van der Waals surface area (Å²) in [5.41, 5.74) is 3.13. The van der Waals surface area contributed by atoms with Crippen LogP contribution in [0.25, 0.3) is 16.0 Å². The van der Waals surface area contributed by atoms with Gasteiger partial charge in [-0.3, -0.25) is 38.6 Å². The van der Waals surface area contributed by atoms with Crippen molar-refractivity contribution >= 4 is 63.5 Å². The van der Waals surface area contributed by atoms with Gasteiger partial charge in [-0.2, -0.15) is 13.2 Å². The summed E-state index contributed by atoms with van der Waals surface area (Å²) in [6.07, 6.45) is 1.31. The van der Waals surface area contributed by atoms with Crippen LogP contribution in [0.1, 0.15) is 111 Å². The third-order valence-corrected chi connectivity index (χ3v) is 18.1. The number of rotatable bonds is 18. The third kappa shape index (κ3) is 14.9. The second kappa shape index (κ2) is 26.2. The number of likely N-dealkylation sites (tertiary alicyclic amines) is 1. The summed E-state index contributed by atoms with van der Waals surface area (Å²) in [6.45, 7) is 16.0. The van der Waals surface area contributed by atoms with E-state index in [1.807, 2.05) is 94.2 Å². The number of amides is 3. The first kappa shape index (κ1) is 62.3. The summed E-state index contributed by atoms with van der Waals surface area (Å²) < 4.78 is 58.4. The molecule has 9 rings (SSSR count). The molecule has 4 aliphatic rings. The fourth-order valence-corrected chi connectivity index (χ4v) is 12.7. The van der Waals surface area contributed by atoms with Crippen LogP contribution in [0.5, 0.6) is 0 Å². The van der Waals surface area contributed by atoms with Crippen molar-refractivity contribution in [2.45, 2.75) is 123 Å². The molecule has 23 heteroatoms. The van der Waals surface area contributed by atoms with E-state index in [4.69, 9.17) is 0 Å². The molecule has 2 aromatic carbocycles. The molecule has 4 aliphatic heterocycles. The van der Waals surface area contributed by atoms with Crippen LogP contribution in [0.3, 0.4) is 0 Å². The fourth-order valence-electron chi connectivity index (χ4n) is 11.9. The van der Waals surface area contributed by atoms with E-state index in [0.29, 0.717) is 95.0 Å². The van der Waals surface area contributed by atoms with Crippen molar-refractivity contribution in [3.63, 3.8) is 0 Å². The number of likely N-dealkylation sites (N-methyl/N-ethyl adjacent to an activating group) is 1. The standard InChI is InChI=1S/C62H75F4N11O7S/c1-37-32-76(33-38(2)72(37)7)52-28-50(63)46(26-51(52)71-58(83)47-31-67-55(81)27-48(47)62(64,65)66)42-16-18-75(19-17-42)60-68-29-41(30-69-60)34-73-20-22-74(23-21-73)56(82)15-13-44(78)24-49(61(4,5)6)59(84)77-35-45(79)25-53(77)54(80)14-10-40-8-11-43(12-9-40)57-39(3)70-36-85-57/h8-9,11-12,16,26-31,36-38,45,49,53,79H,10,13-15,17-25,32-35H2,1-7H3,(H,67,81)(H,71,83)/t37-,38+,45-,49-,53+/m1/s1. The number of nitrogens with zero attached hydrogens (tertiary/aromatic N) is 9. The number of piperazine rings is 2. The van der Waals surface area contributed by atoms with Crippen molar-refractivity contribution in [2.24, 2.45) is 11.3 Å². The Labute approximate surface area is 496 Å². The average molecular weight is 1190 g/mol. The van der Waals surface area contributed by atoms with Gasteiger partial charge in [-0.05, 0) is 74.9 Å². The molecule has 85 heavy (non-hydrogen) atoms. The van der Waals surface area contributed by atoms with Gasteiger partial charge in [0.1, 0.15) is 11.6 Å². The number of anilines is 3. The molecule has 454 valence electrons. The van der Waals surface area contributed by atoms with Crippen molar-refractivity contribution in [2.75, 3.05) is 81.1 Å². The van der Waals surface area contributed by atoms with E-state index in [2.05, 4.69) is 35.1 Å². The van der Waals surface area contributed by atoms with Gasteiger partial charge in [0.2, 0.25) is 23.3 Å². The van der Waals surface area contributed by atoms with E-state index < -0.39 is 58.1 Å². The zero-order valence-electron chi connectivity index (χ0n) is 49.2. The van der Waals surface area contributed by atoms with Crippen LogP contribution in [-0.4, -0.2) is 164 Å². The minimum atomic E-state index is -4.99. The highest BCUT2D eigenvalue weighted by molar-refractivity contribution is 7.13. The van der Waals surface area contributed by atoms with Gasteiger partial charge in [-0.15, -0.1) is 11.3 Å². The van der Waals surface area contributed by atoms with Crippen molar-refractivity contribution in [1.82, 2.24) is 39.5 Å². The van der Waals surface area contributed by atoms with Gasteiger partial charge in [-0.25, -0.2) is 19.3 Å². The lowest BCUT2D eigenvalue weighted by molar-refractivity contribution is -0.146. The van der Waals surface area contributed by atoms with E-state index in [9.17, 15) is 47.0 Å². The Hall–Kier alpha value is -7.21. The van der Waals surface area contributed by atoms with E-state index >= 15 is 4.39 Å². The number of aryl methyl sites for hydroxylation is 2. The first-order chi connectivity index (χ1) is 40.3. The van der Waals surface area contributed by atoms with Crippen LogP contribution in [0.4, 0.5) is 34.9 Å². The Balaban J connectivity index is 0.749. The number of H-pyrrole nitrogens is 1. The summed E-state index contributed by atoms with van der Waals surface area (Å²) >= 11 is 1.57. The molecule has 7 heterocycles. The molecule has 0 unspecified atom stereocenters. The normalized spacial score (nSPS) is 20.4. The number of alkyl halides is 3. The number of ketones is 2. The Bertz CT molecular complexity index is 3350. The number of Topliss-reactive ketones (excluding diaryl/α,β-unsaturated/α-hetero) is 2. The molecule has 3 aromatic heterocycles. The quantitative estimate of drug-likeness (QED) is 0.0710. The number of hydrogen-bond donors (Lipinski definition) is 3. The third-order valence-electron chi connectivity index (χ3n) is 17.1. The van der Waals surface area contributed by atoms with Crippen LogP contribution in [0.2, 0.25) is 0 Å². The minimum absolute atomic E-state index is 0.00540. The van der Waals surface area contributed by atoms with Crippen molar-refractivity contribution in [1.29, 1.82) is 0 Å².